The number of amides is 1. The van der Waals surface area contributed by atoms with Gasteiger partial charge in [-0.2, -0.15) is 5.10 Å². The van der Waals surface area contributed by atoms with Crippen molar-refractivity contribution in [1.82, 2.24) is 20.4 Å². The topological polar surface area (TPSA) is 88.4 Å². The summed E-state index contributed by atoms with van der Waals surface area (Å²) in [5.41, 5.74) is 0.981. The lowest BCUT2D eigenvalue weighted by atomic mass is 9.84. The second-order valence-electron chi connectivity index (χ2n) is 9.29. The monoisotopic (exact) mass is 412 g/mol. The third kappa shape index (κ3) is 3.98. The highest BCUT2D eigenvalue weighted by Crippen LogP contribution is 2.34. The second kappa shape index (κ2) is 8.29. The van der Waals surface area contributed by atoms with E-state index in [1.165, 1.54) is 6.42 Å². The number of carbonyl (C=O) groups is 1. The second-order valence-corrected chi connectivity index (χ2v) is 9.29. The summed E-state index contributed by atoms with van der Waals surface area (Å²) in [7, 11) is 0. The minimum Gasteiger partial charge on any atom is -0.390 e. The van der Waals surface area contributed by atoms with E-state index in [-0.39, 0.29) is 11.9 Å². The highest BCUT2D eigenvalue weighted by Gasteiger charge is 2.34. The lowest BCUT2D eigenvalue weighted by molar-refractivity contribution is -0.0742. The molecule has 7 nitrogen and oxygen atoms in total. The largest absolute Gasteiger partial charge is 0.390 e. The van der Waals surface area contributed by atoms with Gasteiger partial charge in [0.05, 0.1) is 17.2 Å². The molecule has 7 heteroatoms. The van der Waals surface area contributed by atoms with Crippen LogP contribution >= 0.6 is 0 Å². The highest BCUT2D eigenvalue weighted by atomic mass is 16.5. The van der Waals surface area contributed by atoms with Crippen molar-refractivity contribution in [2.24, 2.45) is 0 Å². The third-order valence-electron chi connectivity index (χ3n) is 7.15. The van der Waals surface area contributed by atoms with Gasteiger partial charge in [0.15, 0.2) is 5.69 Å². The molecule has 0 radical (unpaired) electrons. The Morgan fingerprint density at radius 3 is 2.73 bits per heavy atom. The van der Waals surface area contributed by atoms with Crippen LogP contribution in [0.3, 0.4) is 0 Å². The predicted octanol–water partition coefficient (Wildman–Crippen LogP) is 2.54. The molecule has 2 aliphatic heterocycles. The zero-order valence-electron chi connectivity index (χ0n) is 17.5. The van der Waals surface area contributed by atoms with Gasteiger partial charge < -0.3 is 20.5 Å². The number of fused-ring (bicyclic) bond motifs is 1. The Balaban J connectivity index is 1.21. The van der Waals surface area contributed by atoms with E-state index in [0.717, 1.165) is 49.6 Å². The molecule has 30 heavy (non-hydrogen) atoms. The van der Waals surface area contributed by atoms with Crippen molar-refractivity contribution in [3.63, 3.8) is 0 Å². The number of hydrogen-bond donors (Lipinski definition) is 3. The molecule has 3 aliphatic rings. The van der Waals surface area contributed by atoms with Crippen LogP contribution in [0, 0.1) is 0 Å². The van der Waals surface area contributed by atoms with Gasteiger partial charge in [-0.3, -0.25) is 9.48 Å². The number of nitrogens with zero attached hydrogens (tertiary/aromatic N) is 2. The van der Waals surface area contributed by atoms with Crippen molar-refractivity contribution in [2.45, 2.75) is 75.1 Å². The van der Waals surface area contributed by atoms with Crippen LogP contribution in [-0.4, -0.2) is 58.2 Å². The number of nitrogens with one attached hydrogen (secondary N) is 2. The van der Waals surface area contributed by atoms with Gasteiger partial charge in [-0.25, -0.2) is 0 Å². The lowest BCUT2D eigenvalue weighted by Crippen LogP contribution is -2.52. The molecule has 162 valence electrons. The summed E-state index contributed by atoms with van der Waals surface area (Å²) in [5, 5.41) is 23.1. The normalized spacial score (nSPS) is 27.0. The first kappa shape index (κ1) is 20.0. The molecule has 5 rings (SSSR count). The summed E-state index contributed by atoms with van der Waals surface area (Å²) in [6.45, 7) is 2.01. The summed E-state index contributed by atoms with van der Waals surface area (Å²) in [5.74, 6) is -0.0856. The van der Waals surface area contributed by atoms with E-state index in [0.29, 0.717) is 43.8 Å². The van der Waals surface area contributed by atoms with Crippen LogP contribution in [0.5, 0.6) is 0 Å². The Labute approximate surface area is 177 Å². The number of benzene rings is 1. The van der Waals surface area contributed by atoms with Crippen molar-refractivity contribution in [3.05, 3.63) is 30.0 Å². The number of para-hydroxylation sites is 1. The van der Waals surface area contributed by atoms with E-state index in [1.54, 1.807) is 0 Å². The molecule has 3 fully saturated rings. The molecule has 0 bridgehead atoms. The number of rotatable bonds is 5. The first-order valence-electron chi connectivity index (χ1n) is 11.4. The van der Waals surface area contributed by atoms with Crippen LogP contribution in [0.1, 0.15) is 67.9 Å². The van der Waals surface area contributed by atoms with Crippen LogP contribution in [0.2, 0.25) is 0 Å². The fourth-order valence-corrected chi connectivity index (χ4v) is 5.05. The van der Waals surface area contributed by atoms with Crippen LogP contribution < -0.4 is 10.6 Å². The van der Waals surface area contributed by atoms with E-state index >= 15 is 0 Å². The van der Waals surface area contributed by atoms with Gasteiger partial charge in [0, 0.05) is 37.2 Å². The van der Waals surface area contributed by atoms with Gasteiger partial charge in [-0.1, -0.05) is 18.2 Å². The summed E-state index contributed by atoms with van der Waals surface area (Å²) in [4.78, 5) is 13.0. The van der Waals surface area contributed by atoms with Crippen molar-refractivity contribution >= 4 is 16.8 Å². The number of carbonyl (C=O) groups excluding carboxylic acids is 1. The summed E-state index contributed by atoms with van der Waals surface area (Å²) < 4.78 is 7.43. The smallest absolute Gasteiger partial charge is 0.272 e. The van der Waals surface area contributed by atoms with E-state index in [4.69, 9.17) is 9.84 Å². The Kier molecular flexibility index (Phi) is 5.52. The Morgan fingerprint density at radius 2 is 2.03 bits per heavy atom. The maximum Gasteiger partial charge on any atom is 0.272 e. The molecule has 1 aliphatic carbocycles. The molecule has 1 aromatic heterocycles. The predicted molar refractivity (Wildman–Crippen MR) is 115 cm³/mol. The molecular weight excluding hydrogens is 380 g/mol. The Bertz CT molecular complexity index is 893. The van der Waals surface area contributed by atoms with Crippen LogP contribution in [-0.2, 0) is 4.74 Å². The van der Waals surface area contributed by atoms with Gasteiger partial charge in [0.25, 0.3) is 5.91 Å². The number of ether oxygens (including phenoxy) is 1. The molecule has 3 N–H and O–H groups in total. The van der Waals surface area contributed by atoms with E-state index in [2.05, 4.69) is 21.4 Å². The van der Waals surface area contributed by atoms with Crippen molar-refractivity contribution in [1.29, 1.82) is 0 Å². The van der Waals surface area contributed by atoms with Crippen molar-refractivity contribution in [3.8, 4) is 0 Å². The molecule has 1 saturated carbocycles. The molecule has 2 aromatic rings. The first-order valence-corrected chi connectivity index (χ1v) is 11.4. The Hall–Kier alpha value is -1.96. The molecule has 1 amide bonds. The van der Waals surface area contributed by atoms with Crippen LogP contribution in [0.15, 0.2) is 24.3 Å². The van der Waals surface area contributed by atoms with Crippen molar-refractivity contribution < 1.29 is 14.6 Å². The fourth-order valence-electron chi connectivity index (χ4n) is 5.05. The van der Waals surface area contributed by atoms with Gasteiger partial charge in [-0.05, 0) is 57.4 Å². The number of aliphatic hydroxyl groups is 1. The molecule has 1 aromatic carbocycles. The molecule has 2 saturated heterocycles. The minimum atomic E-state index is -0.612. The fraction of sp³-hybridized carbons (Fsp3) is 0.652. The summed E-state index contributed by atoms with van der Waals surface area (Å²) >= 11 is 0. The number of piperidine rings is 1. The summed E-state index contributed by atoms with van der Waals surface area (Å²) in [6, 6.07) is 8.84. The van der Waals surface area contributed by atoms with Gasteiger partial charge in [0.2, 0.25) is 0 Å². The van der Waals surface area contributed by atoms with Crippen molar-refractivity contribution in [2.75, 3.05) is 19.8 Å². The first-order chi connectivity index (χ1) is 14.6. The quantitative estimate of drug-likeness (QED) is 0.702. The maximum absolute atomic E-state index is 13.0. The Morgan fingerprint density at radius 1 is 1.23 bits per heavy atom. The van der Waals surface area contributed by atoms with Crippen LogP contribution in [0.25, 0.3) is 10.9 Å². The molecule has 0 unspecified atom stereocenters. The molecule has 2 atom stereocenters. The van der Waals surface area contributed by atoms with E-state index in [9.17, 15) is 9.90 Å². The molecule has 0 spiro atoms. The average Bonchev–Trinajstić information content (AvgIpc) is 3.08. The number of aromatic nitrogens is 2. The highest BCUT2D eigenvalue weighted by molar-refractivity contribution is 6.05. The zero-order valence-corrected chi connectivity index (χ0v) is 17.5. The number of hydrogen-bond acceptors (Lipinski definition) is 5. The minimum absolute atomic E-state index is 0.0856. The third-order valence-corrected chi connectivity index (χ3v) is 7.15. The van der Waals surface area contributed by atoms with E-state index < -0.39 is 5.60 Å². The SMILES string of the molecule is O=C(N[C@H]1CC[C@@H](CC2(O)CCOCC2)NC1)c1nn(C2CCC2)c2ccccc12. The van der Waals surface area contributed by atoms with Gasteiger partial charge in [0.1, 0.15) is 0 Å². The molecule has 3 heterocycles. The standard InChI is InChI=1S/C23H32N4O3/c28-22(21-19-6-1-2-7-20(19)27(26-21)18-4-3-5-18)25-17-9-8-16(24-15-17)14-23(29)10-12-30-13-11-23/h1-2,6-7,16-18,24,29H,3-5,8-15H2,(H,25,28)/t16-,17-/m0/s1. The molecular formula is C23H32N4O3. The van der Waals surface area contributed by atoms with Crippen LogP contribution in [0.4, 0.5) is 0 Å². The van der Waals surface area contributed by atoms with E-state index in [1.807, 2.05) is 18.2 Å². The average molecular weight is 413 g/mol. The van der Waals surface area contributed by atoms with Gasteiger partial charge >= 0.3 is 0 Å². The maximum atomic E-state index is 13.0. The zero-order chi connectivity index (χ0) is 20.6. The lowest BCUT2D eigenvalue weighted by Gasteiger charge is -2.38. The van der Waals surface area contributed by atoms with Gasteiger partial charge in [-0.15, -0.1) is 0 Å². The summed E-state index contributed by atoms with van der Waals surface area (Å²) in [6.07, 6.45) is 7.55.